The molecule has 0 spiro atoms. The minimum absolute atomic E-state index is 0.193. The van der Waals surface area contributed by atoms with Crippen LogP contribution in [0.2, 0.25) is 0 Å². The maximum atomic E-state index is 12.4. The van der Waals surface area contributed by atoms with Crippen LogP contribution >= 0.6 is 0 Å². The summed E-state index contributed by atoms with van der Waals surface area (Å²) in [6, 6.07) is 9.43. The van der Waals surface area contributed by atoms with Gasteiger partial charge in [-0.3, -0.25) is 4.79 Å². The summed E-state index contributed by atoms with van der Waals surface area (Å²) in [5, 5.41) is 4.75. The van der Waals surface area contributed by atoms with Gasteiger partial charge in [0.1, 0.15) is 5.75 Å². The lowest BCUT2D eigenvalue weighted by atomic mass is 9.97. The summed E-state index contributed by atoms with van der Waals surface area (Å²) in [7, 11) is 1.62. The summed E-state index contributed by atoms with van der Waals surface area (Å²) in [4.78, 5) is 16.9. The van der Waals surface area contributed by atoms with Crippen molar-refractivity contribution in [2.75, 3.05) is 13.7 Å². The molecule has 2 aromatic heterocycles. The highest BCUT2D eigenvalue weighted by Gasteiger charge is 2.14. The molecule has 2 heterocycles. The van der Waals surface area contributed by atoms with E-state index in [1.165, 1.54) is 18.4 Å². The third kappa shape index (κ3) is 3.43. The fourth-order valence-corrected chi connectivity index (χ4v) is 3.40. The maximum Gasteiger partial charge on any atom is 0.287 e. The topological polar surface area (TPSA) is 64.4 Å². The van der Waals surface area contributed by atoms with E-state index >= 15 is 0 Å². The summed E-state index contributed by atoms with van der Waals surface area (Å²) in [5.41, 5.74) is 2.69. The standard InChI is InChI=1S/C21H22N2O3/c1-25-17-8-7-15-11-16-12-19(26-21(16)23-18(15)13-17)20(24)22-10-9-14-5-3-2-4-6-14/h5,7-8,11-13H,2-4,6,9-10H2,1H3,(H,22,24). The van der Waals surface area contributed by atoms with E-state index in [0.717, 1.165) is 41.3 Å². The van der Waals surface area contributed by atoms with Crippen molar-refractivity contribution >= 4 is 27.9 Å². The highest BCUT2D eigenvalue weighted by molar-refractivity contribution is 5.98. The zero-order valence-corrected chi connectivity index (χ0v) is 14.9. The van der Waals surface area contributed by atoms with Crippen LogP contribution in [-0.2, 0) is 0 Å². The number of pyridine rings is 1. The van der Waals surface area contributed by atoms with Crippen molar-refractivity contribution in [3.05, 3.63) is 47.7 Å². The van der Waals surface area contributed by atoms with Crippen LogP contribution in [0, 0.1) is 0 Å². The number of carbonyl (C=O) groups is 1. The number of rotatable bonds is 5. The molecular weight excluding hydrogens is 328 g/mol. The van der Waals surface area contributed by atoms with Gasteiger partial charge in [0, 0.05) is 23.4 Å². The molecule has 0 bridgehead atoms. The molecule has 1 aromatic carbocycles. The Morgan fingerprint density at radius 2 is 2.15 bits per heavy atom. The Kier molecular flexibility index (Phi) is 4.61. The number of nitrogens with zero attached hydrogens (tertiary/aromatic N) is 1. The van der Waals surface area contributed by atoms with E-state index in [4.69, 9.17) is 9.15 Å². The second-order valence-electron chi connectivity index (χ2n) is 6.67. The van der Waals surface area contributed by atoms with E-state index in [0.29, 0.717) is 18.0 Å². The van der Waals surface area contributed by atoms with Gasteiger partial charge < -0.3 is 14.5 Å². The fraction of sp³-hybridized carbons (Fsp3) is 0.333. The van der Waals surface area contributed by atoms with Crippen molar-refractivity contribution in [2.45, 2.75) is 32.1 Å². The Hall–Kier alpha value is -2.82. The molecule has 0 fully saturated rings. The van der Waals surface area contributed by atoms with Crippen LogP contribution in [0.5, 0.6) is 5.75 Å². The van der Waals surface area contributed by atoms with Gasteiger partial charge in [-0.15, -0.1) is 0 Å². The molecule has 1 N–H and O–H groups in total. The van der Waals surface area contributed by atoms with Crippen LogP contribution < -0.4 is 10.1 Å². The van der Waals surface area contributed by atoms with E-state index in [9.17, 15) is 4.79 Å². The SMILES string of the molecule is COc1ccc2cc3cc(C(=O)NCCC4=CCCCC4)oc3nc2c1. The van der Waals surface area contributed by atoms with Gasteiger partial charge in [0.25, 0.3) is 5.91 Å². The lowest BCUT2D eigenvalue weighted by Crippen LogP contribution is -2.24. The number of hydrogen-bond donors (Lipinski definition) is 1. The lowest BCUT2D eigenvalue weighted by Gasteiger charge is -2.12. The smallest absolute Gasteiger partial charge is 0.287 e. The molecule has 26 heavy (non-hydrogen) atoms. The van der Waals surface area contributed by atoms with Crippen molar-refractivity contribution in [1.82, 2.24) is 10.3 Å². The van der Waals surface area contributed by atoms with Crippen LogP contribution in [0.1, 0.15) is 42.7 Å². The Balaban J connectivity index is 1.49. The first-order valence-electron chi connectivity index (χ1n) is 9.07. The number of amides is 1. The predicted molar refractivity (Wildman–Crippen MR) is 102 cm³/mol. The molecule has 5 heteroatoms. The average molecular weight is 350 g/mol. The molecule has 3 aromatic rings. The molecule has 0 aliphatic heterocycles. The first-order chi connectivity index (χ1) is 12.7. The number of methoxy groups -OCH3 is 1. The predicted octanol–water partition coefficient (Wildman–Crippen LogP) is 4.61. The van der Waals surface area contributed by atoms with Gasteiger partial charge >= 0.3 is 0 Å². The summed E-state index contributed by atoms with van der Waals surface area (Å²) in [5.74, 6) is 0.847. The molecule has 0 saturated heterocycles. The number of fused-ring (bicyclic) bond motifs is 2. The van der Waals surface area contributed by atoms with Crippen molar-refractivity contribution in [3.63, 3.8) is 0 Å². The van der Waals surface area contributed by atoms with Gasteiger partial charge in [-0.2, -0.15) is 0 Å². The quantitative estimate of drug-likeness (QED) is 0.683. The first-order valence-corrected chi connectivity index (χ1v) is 9.07. The van der Waals surface area contributed by atoms with Gasteiger partial charge in [0.15, 0.2) is 5.76 Å². The maximum absolute atomic E-state index is 12.4. The van der Waals surface area contributed by atoms with Crippen molar-refractivity contribution in [3.8, 4) is 5.75 Å². The van der Waals surface area contributed by atoms with Gasteiger partial charge in [0.05, 0.1) is 12.6 Å². The summed E-state index contributed by atoms with van der Waals surface area (Å²) < 4.78 is 10.9. The number of carbonyl (C=O) groups excluding carboxylic acids is 1. The Morgan fingerprint density at radius 1 is 1.23 bits per heavy atom. The van der Waals surface area contributed by atoms with E-state index in [1.807, 2.05) is 24.3 Å². The summed E-state index contributed by atoms with van der Waals surface area (Å²) in [6.45, 7) is 0.633. The minimum Gasteiger partial charge on any atom is -0.497 e. The van der Waals surface area contributed by atoms with Crippen molar-refractivity contribution in [1.29, 1.82) is 0 Å². The van der Waals surface area contributed by atoms with Crippen LogP contribution in [0.25, 0.3) is 22.0 Å². The lowest BCUT2D eigenvalue weighted by molar-refractivity contribution is 0.0928. The van der Waals surface area contributed by atoms with Crippen LogP contribution in [0.4, 0.5) is 0 Å². The normalized spacial score (nSPS) is 14.4. The van der Waals surface area contributed by atoms with Gasteiger partial charge in [-0.1, -0.05) is 11.6 Å². The Bertz CT molecular complexity index is 987. The third-order valence-electron chi connectivity index (χ3n) is 4.85. The van der Waals surface area contributed by atoms with Crippen LogP contribution in [-0.4, -0.2) is 24.5 Å². The number of allylic oxidation sites excluding steroid dienone is 1. The highest BCUT2D eigenvalue weighted by Crippen LogP contribution is 2.25. The fourth-order valence-electron chi connectivity index (χ4n) is 3.40. The molecule has 0 unspecified atom stereocenters. The monoisotopic (exact) mass is 350 g/mol. The molecule has 4 rings (SSSR count). The van der Waals surface area contributed by atoms with Gasteiger partial charge in [-0.05, 0) is 56.4 Å². The number of ether oxygens (including phenoxy) is 1. The zero-order valence-electron chi connectivity index (χ0n) is 14.9. The molecule has 1 aliphatic carbocycles. The second-order valence-corrected chi connectivity index (χ2v) is 6.67. The number of aromatic nitrogens is 1. The molecule has 134 valence electrons. The molecule has 1 aliphatic rings. The van der Waals surface area contributed by atoms with Crippen molar-refractivity contribution < 1.29 is 13.9 Å². The molecule has 0 atom stereocenters. The first kappa shape index (κ1) is 16.6. The summed E-state index contributed by atoms with van der Waals surface area (Å²) in [6.07, 6.45) is 8.07. The average Bonchev–Trinajstić information content (AvgIpc) is 3.09. The minimum atomic E-state index is -0.193. The van der Waals surface area contributed by atoms with Crippen LogP contribution in [0.3, 0.4) is 0 Å². The number of nitrogens with one attached hydrogen (secondary N) is 1. The molecular formula is C21H22N2O3. The summed E-state index contributed by atoms with van der Waals surface area (Å²) >= 11 is 0. The molecule has 0 saturated carbocycles. The van der Waals surface area contributed by atoms with E-state index in [-0.39, 0.29) is 5.91 Å². The van der Waals surface area contributed by atoms with Crippen molar-refractivity contribution in [2.24, 2.45) is 0 Å². The Labute approximate surface area is 152 Å². The number of furan rings is 1. The van der Waals surface area contributed by atoms with E-state index < -0.39 is 0 Å². The largest absolute Gasteiger partial charge is 0.497 e. The molecule has 0 radical (unpaired) electrons. The van der Waals surface area contributed by atoms with E-state index in [1.54, 1.807) is 13.2 Å². The zero-order chi connectivity index (χ0) is 17.9. The Morgan fingerprint density at radius 3 is 2.96 bits per heavy atom. The molecule has 1 amide bonds. The van der Waals surface area contributed by atoms with Gasteiger partial charge in [-0.25, -0.2) is 4.98 Å². The highest BCUT2D eigenvalue weighted by atomic mass is 16.5. The number of hydrogen-bond acceptors (Lipinski definition) is 4. The molecule has 5 nitrogen and oxygen atoms in total. The van der Waals surface area contributed by atoms with Gasteiger partial charge in [0.2, 0.25) is 5.71 Å². The van der Waals surface area contributed by atoms with Crippen LogP contribution in [0.15, 0.2) is 46.4 Å². The number of benzene rings is 1. The second kappa shape index (κ2) is 7.20. The third-order valence-corrected chi connectivity index (χ3v) is 4.85. The van der Waals surface area contributed by atoms with E-state index in [2.05, 4.69) is 16.4 Å².